The molecule has 0 bridgehead atoms. The van der Waals surface area contributed by atoms with Gasteiger partial charge in [0.25, 0.3) is 0 Å². The lowest BCUT2D eigenvalue weighted by atomic mass is 10.1. The molecule has 1 aromatic rings. The Morgan fingerprint density at radius 2 is 2.00 bits per heavy atom. The zero-order valence-corrected chi connectivity index (χ0v) is 11.2. The fourth-order valence-corrected chi connectivity index (χ4v) is 1.99. The summed E-state index contributed by atoms with van der Waals surface area (Å²) in [6.45, 7) is 2.80. The van der Waals surface area contributed by atoms with E-state index in [9.17, 15) is 22.4 Å². The summed E-state index contributed by atoms with van der Waals surface area (Å²) in [4.78, 5) is 11.9. The van der Waals surface area contributed by atoms with Crippen LogP contribution in [0, 0.1) is 5.82 Å². The Morgan fingerprint density at radius 1 is 1.29 bits per heavy atom. The third kappa shape index (κ3) is 3.92. The number of carbonyl (C=O) groups is 1. The molecule has 2 atom stereocenters. The summed E-state index contributed by atoms with van der Waals surface area (Å²) in [6.07, 6.45) is -4.59. The minimum atomic E-state index is -4.59. The molecule has 0 aromatic heterocycles. The minimum Gasteiger partial charge on any atom is -0.322 e. The van der Waals surface area contributed by atoms with E-state index in [-0.39, 0.29) is 6.04 Å². The maximum Gasteiger partial charge on any atom is 0.416 e. The fraction of sp³-hybridized carbons (Fsp3) is 0.462. The second kappa shape index (κ2) is 5.98. The van der Waals surface area contributed by atoms with Crippen LogP contribution >= 0.6 is 0 Å². The second-order valence-electron chi connectivity index (χ2n) is 4.95. The molecule has 2 unspecified atom stereocenters. The van der Waals surface area contributed by atoms with E-state index in [0.717, 1.165) is 0 Å². The summed E-state index contributed by atoms with van der Waals surface area (Å²) in [7, 11) is 0. The van der Waals surface area contributed by atoms with Gasteiger partial charge in [-0.2, -0.15) is 13.2 Å². The highest BCUT2D eigenvalue weighted by Gasteiger charge is 2.31. The predicted molar refractivity (Wildman–Crippen MR) is 69.3 cm³/mol. The van der Waals surface area contributed by atoms with E-state index in [4.69, 9.17) is 0 Å². The van der Waals surface area contributed by atoms with Crippen LogP contribution in [0.4, 0.5) is 23.2 Å². The van der Waals surface area contributed by atoms with E-state index in [1.807, 2.05) is 6.92 Å². The van der Waals surface area contributed by atoms with Gasteiger partial charge in [-0.05, 0) is 25.1 Å². The first-order valence-electron chi connectivity index (χ1n) is 6.42. The van der Waals surface area contributed by atoms with Gasteiger partial charge in [0.15, 0.2) is 0 Å². The average molecular weight is 305 g/mol. The van der Waals surface area contributed by atoms with E-state index in [2.05, 4.69) is 16.0 Å². The van der Waals surface area contributed by atoms with Crippen LogP contribution in [0.5, 0.6) is 0 Å². The van der Waals surface area contributed by atoms with Crippen LogP contribution in [0.1, 0.15) is 12.5 Å². The van der Waals surface area contributed by atoms with Crippen molar-refractivity contribution in [1.29, 1.82) is 0 Å². The van der Waals surface area contributed by atoms with Crippen molar-refractivity contribution in [2.24, 2.45) is 0 Å². The standard InChI is InChI=1S/C13H15F4N3O/c1-7-5-19-11(6-18-7)12(21)20-10-4-8(13(15,16)17)2-3-9(10)14/h2-4,7,11,18-19H,5-6H2,1H3,(H,20,21). The molecule has 21 heavy (non-hydrogen) atoms. The molecule has 3 N–H and O–H groups in total. The second-order valence-corrected chi connectivity index (χ2v) is 4.95. The zero-order valence-electron chi connectivity index (χ0n) is 11.2. The number of alkyl halides is 3. The molecule has 1 aromatic carbocycles. The summed E-state index contributed by atoms with van der Waals surface area (Å²) in [5.74, 6) is -1.49. The maximum atomic E-state index is 13.5. The molecule has 1 aliphatic rings. The van der Waals surface area contributed by atoms with Crippen LogP contribution in [-0.2, 0) is 11.0 Å². The lowest BCUT2D eigenvalue weighted by Crippen LogP contribution is -2.57. The third-order valence-corrected chi connectivity index (χ3v) is 3.21. The molecule has 0 radical (unpaired) electrons. The third-order valence-electron chi connectivity index (χ3n) is 3.21. The number of anilines is 1. The van der Waals surface area contributed by atoms with Crippen LogP contribution in [0.2, 0.25) is 0 Å². The zero-order chi connectivity index (χ0) is 15.6. The van der Waals surface area contributed by atoms with Gasteiger partial charge in [0, 0.05) is 19.1 Å². The fourth-order valence-electron chi connectivity index (χ4n) is 1.99. The number of carbonyl (C=O) groups excluding carboxylic acids is 1. The van der Waals surface area contributed by atoms with E-state index in [0.29, 0.717) is 31.3 Å². The smallest absolute Gasteiger partial charge is 0.322 e. The number of piperazine rings is 1. The van der Waals surface area contributed by atoms with Crippen molar-refractivity contribution in [2.75, 3.05) is 18.4 Å². The molecule has 0 saturated carbocycles. The highest BCUT2D eigenvalue weighted by molar-refractivity contribution is 5.95. The number of amides is 1. The number of hydrogen-bond acceptors (Lipinski definition) is 3. The molecule has 0 spiro atoms. The number of nitrogens with one attached hydrogen (secondary N) is 3. The SMILES string of the molecule is CC1CNC(C(=O)Nc2cc(C(F)(F)F)ccc2F)CN1. The van der Waals surface area contributed by atoms with Gasteiger partial charge in [0.1, 0.15) is 5.82 Å². The van der Waals surface area contributed by atoms with Gasteiger partial charge in [-0.3, -0.25) is 4.79 Å². The Hall–Kier alpha value is -1.67. The summed E-state index contributed by atoms with van der Waals surface area (Å²) in [6, 6.07) is 1.49. The Labute approximate surface area is 118 Å². The molecule has 8 heteroatoms. The number of halogens is 4. The van der Waals surface area contributed by atoms with Crippen molar-refractivity contribution < 1.29 is 22.4 Å². The van der Waals surface area contributed by atoms with Crippen molar-refractivity contribution in [3.63, 3.8) is 0 Å². The Bertz CT molecular complexity index is 525. The molecular formula is C13H15F4N3O. The molecular weight excluding hydrogens is 290 g/mol. The van der Waals surface area contributed by atoms with Gasteiger partial charge in [-0.1, -0.05) is 0 Å². The van der Waals surface area contributed by atoms with Crippen molar-refractivity contribution in [1.82, 2.24) is 10.6 Å². The van der Waals surface area contributed by atoms with Gasteiger partial charge in [0.05, 0.1) is 17.3 Å². The van der Waals surface area contributed by atoms with Crippen LogP contribution in [0.3, 0.4) is 0 Å². The summed E-state index contributed by atoms with van der Waals surface area (Å²) < 4.78 is 51.3. The normalized spacial score (nSPS) is 22.9. The highest BCUT2D eigenvalue weighted by atomic mass is 19.4. The molecule has 1 amide bonds. The first kappa shape index (κ1) is 15.7. The Kier molecular flexibility index (Phi) is 4.48. The topological polar surface area (TPSA) is 53.2 Å². The summed E-state index contributed by atoms with van der Waals surface area (Å²) >= 11 is 0. The molecule has 1 heterocycles. The van der Waals surface area contributed by atoms with Crippen LogP contribution in [-0.4, -0.2) is 31.1 Å². The maximum absolute atomic E-state index is 13.5. The largest absolute Gasteiger partial charge is 0.416 e. The van der Waals surface area contributed by atoms with Crippen molar-refractivity contribution in [2.45, 2.75) is 25.2 Å². The van der Waals surface area contributed by atoms with Gasteiger partial charge in [0.2, 0.25) is 5.91 Å². The summed E-state index contributed by atoms with van der Waals surface area (Å²) in [5, 5.41) is 8.18. The lowest BCUT2D eigenvalue weighted by Gasteiger charge is -2.28. The van der Waals surface area contributed by atoms with Gasteiger partial charge in [-0.25, -0.2) is 4.39 Å². The average Bonchev–Trinajstić information content (AvgIpc) is 2.40. The van der Waals surface area contributed by atoms with E-state index >= 15 is 0 Å². The molecule has 1 aliphatic heterocycles. The molecule has 116 valence electrons. The molecule has 0 aliphatic carbocycles. The molecule has 1 fully saturated rings. The number of benzene rings is 1. The van der Waals surface area contributed by atoms with E-state index < -0.39 is 35.2 Å². The van der Waals surface area contributed by atoms with Gasteiger partial charge >= 0.3 is 6.18 Å². The number of hydrogen-bond donors (Lipinski definition) is 3. The van der Waals surface area contributed by atoms with E-state index in [1.54, 1.807) is 0 Å². The molecule has 1 saturated heterocycles. The van der Waals surface area contributed by atoms with Crippen LogP contribution in [0.15, 0.2) is 18.2 Å². The Morgan fingerprint density at radius 3 is 2.57 bits per heavy atom. The first-order valence-corrected chi connectivity index (χ1v) is 6.42. The molecule has 2 rings (SSSR count). The van der Waals surface area contributed by atoms with Gasteiger partial charge < -0.3 is 16.0 Å². The monoisotopic (exact) mass is 305 g/mol. The number of rotatable bonds is 2. The molecule has 4 nitrogen and oxygen atoms in total. The minimum absolute atomic E-state index is 0.194. The quantitative estimate of drug-likeness (QED) is 0.730. The highest BCUT2D eigenvalue weighted by Crippen LogP contribution is 2.31. The van der Waals surface area contributed by atoms with Crippen molar-refractivity contribution in [3.8, 4) is 0 Å². The van der Waals surface area contributed by atoms with E-state index in [1.165, 1.54) is 0 Å². The van der Waals surface area contributed by atoms with Crippen LogP contribution < -0.4 is 16.0 Å². The van der Waals surface area contributed by atoms with Crippen molar-refractivity contribution in [3.05, 3.63) is 29.6 Å². The summed E-state index contributed by atoms with van der Waals surface area (Å²) in [5.41, 5.74) is -1.49. The van der Waals surface area contributed by atoms with Crippen molar-refractivity contribution >= 4 is 11.6 Å². The Balaban J connectivity index is 2.10. The van der Waals surface area contributed by atoms with Gasteiger partial charge in [-0.15, -0.1) is 0 Å². The van der Waals surface area contributed by atoms with Crippen LogP contribution in [0.25, 0.3) is 0 Å². The first-order chi connectivity index (χ1) is 9.77. The predicted octanol–water partition coefficient (Wildman–Crippen LogP) is 1.73. The lowest BCUT2D eigenvalue weighted by molar-refractivity contribution is -0.137.